The van der Waals surface area contributed by atoms with E-state index in [1.807, 2.05) is 0 Å². The second-order valence-corrected chi connectivity index (χ2v) is 12.0. The van der Waals surface area contributed by atoms with Crippen LogP contribution in [0.15, 0.2) is 35.5 Å². The fraction of sp³-hybridized carbons (Fsp3) is 0.800. The van der Waals surface area contributed by atoms with E-state index in [4.69, 9.17) is 10.5 Å². The Morgan fingerprint density at radius 3 is 2.67 bits per heavy atom. The van der Waals surface area contributed by atoms with Crippen molar-refractivity contribution >= 4 is 0 Å². The minimum atomic E-state index is -0.215. The van der Waals surface area contributed by atoms with Gasteiger partial charge in [-0.1, -0.05) is 83.8 Å². The molecule has 0 bridgehead atoms. The van der Waals surface area contributed by atoms with E-state index in [9.17, 15) is 5.11 Å². The van der Waals surface area contributed by atoms with Crippen LogP contribution in [0.5, 0.6) is 0 Å². The van der Waals surface area contributed by atoms with Gasteiger partial charge < -0.3 is 15.6 Å². The van der Waals surface area contributed by atoms with E-state index in [1.165, 1.54) is 49.7 Å². The van der Waals surface area contributed by atoms with Crippen LogP contribution in [0.1, 0.15) is 105 Å². The maximum atomic E-state index is 10.1. The zero-order valence-corrected chi connectivity index (χ0v) is 22.1. The first kappa shape index (κ1) is 26.7. The molecule has 0 saturated heterocycles. The van der Waals surface area contributed by atoms with Gasteiger partial charge in [-0.2, -0.15) is 0 Å². The van der Waals surface area contributed by atoms with Gasteiger partial charge in [0.05, 0.1) is 12.2 Å². The number of ether oxygens (including phenoxy) is 1. The standard InChI is InChI=1S/C30H51NO2/c1-7-28(31)33-27-19-26-23(14-15-24-18-25(32)16-13-21(24)4)12-9-17-30(26,6)29(27)22(5)11-8-10-20(2)3/h14-15,20,22,25-29,32H,4,7-13,16-19,31H2,1-3,5-6H3/b23-14+,24-15+/t22-,25+,26+,27?,28?,29+,30-/m1/s1. The smallest absolute Gasteiger partial charge is 0.105 e. The molecule has 0 heterocycles. The number of allylic oxidation sites excluding steroid dienone is 4. The summed E-state index contributed by atoms with van der Waals surface area (Å²) in [6, 6.07) is 0. The summed E-state index contributed by atoms with van der Waals surface area (Å²) in [5.74, 6) is 2.56. The van der Waals surface area contributed by atoms with Gasteiger partial charge in [-0.25, -0.2) is 0 Å². The first-order chi connectivity index (χ1) is 15.7. The van der Waals surface area contributed by atoms with E-state index < -0.39 is 0 Å². The van der Waals surface area contributed by atoms with Gasteiger partial charge in [0.25, 0.3) is 0 Å². The lowest BCUT2D eigenvalue weighted by Gasteiger charge is -2.45. The van der Waals surface area contributed by atoms with Crippen molar-refractivity contribution in [3.05, 3.63) is 35.5 Å². The summed E-state index contributed by atoms with van der Waals surface area (Å²) in [4.78, 5) is 0. The highest BCUT2D eigenvalue weighted by Crippen LogP contribution is 2.60. The van der Waals surface area contributed by atoms with Crippen molar-refractivity contribution in [3.63, 3.8) is 0 Å². The van der Waals surface area contributed by atoms with E-state index in [0.29, 0.717) is 17.8 Å². The summed E-state index contributed by atoms with van der Waals surface area (Å²) < 4.78 is 6.54. The van der Waals surface area contributed by atoms with Crippen molar-refractivity contribution in [1.82, 2.24) is 0 Å². The third-order valence-corrected chi connectivity index (χ3v) is 9.05. The Labute approximate surface area is 203 Å². The molecule has 0 radical (unpaired) electrons. The van der Waals surface area contributed by atoms with Crippen molar-refractivity contribution in [3.8, 4) is 0 Å². The van der Waals surface area contributed by atoms with E-state index in [2.05, 4.69) is 53.3 Å². The molecule has 0 spiro atoms. The molecular weight excluding hydrogens is 406 g/mol. The van der Waals surface area contributed by atoms with Gasteiger partial charge in [-0.3, -0.25) is 0 Å². The molecule has 3 rings (SSSR count). The maximum absolute atomic E-state index is 10.1. The summed E-state index contributed by atoms with van der Waals surface area (Å²) >= 11 is 0. The maximum Gasteiger partial charge on any atom is 0.105 e. The molecule has 0 aliphatic heterocycles. The van der Waals surface area contributed by atoms with Crippen LogP contribution in [-0.4, -0.2) is 23.5 Å². The molecule has 3 nitrogen and oxygen atoms in total. The quantitative estimate of drug-likeness (QED) is 0.357. The number of hydrogen-bond acceptors (Lipinski definition) is 3. The summed E-state index contributed by atoms with van der Waals surface area (Å²) in [5.41, 5.74) is 10.6. The van der Waals surface area contributed by atoms with Crippen LogP contribution >= 0.6 is 0 Å². The highest BCUT2D eigenvalue weighted by Gasteiger charge is 2.56. The van der Waals surface area contributed by atoms with Crippen molar-refractivity contribution in [2.45, 2.75) is 124 Å². The first-order valence-electron chi connectivity index (χ1n) is 13.8. The third kappa shape index (κ3) is 6.41. The van der Waals surface area contributed by atoms with Crippen LogP contribution in [-0.2, 0) is 4.74 Å². The van der Waals surface area contributed by atoms with Crippen LogP contribution in [0.4, 0.5) is 0 Å². The molecule has 3 saturated carbocycles. The van der Waals surface area contributed by atoms with Gasteiger partial charge in [-0.15, -0.1) is 0 Å². The molecular formula is C30H51NO2. The Balaban J connectivity index is 1.84. The molecule has 3 aliphatic carbocycles. The molecule has 188 valence electrons. The Morgan fingerprint density at radius 1 is 1.21 bits per heavy atom. The van der Waals surface area contributed by atoms with E-state index >= 15 is 0 Å². The van der Waals surface area contributed by atoms with Gasteiger partial charge >= 0.3 is 0 Å². The van der Waals surface area contributed by atoms with Crippen molar-refractivity contribution in [2.75, 3.05) is 0 Å². The highest BCUT2D eigenvalue weighted by atomic mass is 16.5. The zero-order valence-electron chi connectivity index (χ0n) is 22.1. The molecule has 0 amide bonds. The van der Waals surface area contributed by atoms with Crippen LogP contribution < -0.4 is 5.73 Å². The van der Waals surface area contributed by atoms with E-state index in [-0.39, 0.29) is 23.9 Å². The summed E-state index contributed by atoms with van der Waals surface area (Å²) in [5, 5.41) is 10.1. The highest BCUT2D eigenvalue weighted by molar-refractivity contribution is 5.36. The predicted molar refractivity (Wildman–Crippen MR) is 140 cm³/mol. The lowest BCUT2D eigenvalue weighted by Crippen LogP contribution is -2.40. The number of nitrogens with two attached hydrogens (primary N) is 1. The minimum Gasteiger partial charge on any atom is -0.393 e. The second kappa shape index (κ2) is 11.7. The average molecular weight is 458 g/mol. The Morgan fingerprint density at radius 2 is 1.97 bits per heavy atom. The number of hydrogen-bond donors (Lipinski definition) is 2. The number of aliphatic hydroxyl groups is 1. The molecule has 3 N–H and O–H groups in total. The number of rotatable bonds is 9. The van der Waals surface area contributed by atoms with Gasteiger partial charge in [0, 0.05) is 0 Å². The van der Waals surface area contributed by atoms with E-state index in [0.717, 1.165) is 38.0 Å². The normalized spacial score (nSPS) is 37.0. The lowest BCUT2D eigenvalue weighted by molar-refractivity contribution is -0.0625. The van der Waals surface area contributed by atoms with Gasteiger partial charge in [0.2, 0.25) is 0 Å². The summed E-state index contributed by atoms with van der Waals surface area (Å²) in [7, 11) is 0. The van der Waals surface area contributed by atoms with Crippen molar-refractivity contribution < 1.29 is 9.84 Å². The Hall–Kier alpha value is -0.900. The van der Waals surface area contributed by atoms with E-state index in [1.54, 1.807) is 5.57 Å². The minimum absolute atomic E-state index is 0.161. The zero-order chi connectivity index (χ0) is 24.2. The van der Waals surface area contributed by atoms with Gasteiger partial charge in [0.15, 0.2) is 0 Å². The fourth-order valence-corrected chi connectivity index (χ4v) is 7.17. The second-order valence-electron chi connectivity index (χ2n) is 12.0. The van der Waals surface area contributed by atoms with Crippen LogP contribution in [0.2, 0.25) is 0 Å². The number of fused-ring (bicyclic) bond motifs is 1. The molecule has 7 atom stereocenters. The average Bonchev–Trinajstić information content (AvgIpc) is 3.05. The molecule has 3 heteroatoms. The number of aliphatic hydroxyl groups excluding tert-OH is 1. The Bertz CT molecular complexity index is 723. The molecule has 0 aromatic heterocycles. The molecule has 0 aromatic rings. The molecule has 0 aromatic carbocycles. The lowest BCUT2D eigenvalue weighted by atomic mass is 9.60. The third-order valence-electron chi connectivity index (χ3n) is 9.05. The summed E-state index contributed by atoms with van der Waals surface area (Å²) in [6.07, 6.45) is 16.7. The molecule has 33 heavy (non-hydrogen) atoms. The van der Waals surface area contributed by atoms with Crippen LogP contribution in [0.3, 0.4) is 0 Å². The SMILES string of the molecule is C=C1CC[C@H](O)C/C1=C\C=C1/CCC[C@@]2(C)[C@@H]([C@H](C)CCCC(C)C)C(OC(N)CC)C[C@@H]12. The van der Waals surface area contributed by atoms with Crippen LogP contribution in [0.25, 0.3) is 0 Å². The molecule has 2 unspecified atom stereocenters. The fourth-order valence-electron chi connectivity index (χ4n) is 7.17. The largest absolute Gasteiger partial charge is 0.393 e. The summed E-state index contributed by atoms with van der Waals surface area (Å²) in [6.45, 7) is 16.1. The molecule has 3 fully saturated rings. The first-order valence-corrected chi connectivity index (χ1v) is 13.8. The topological polar surface area (TPSA) is 55.5 Å². The predicted octanol–water partition coefficient (Wildman–Crippen LogP) is 7.31. The van der Waals surface area contributed by atoms with Crippen molar-refractivity contribution in [1.29, 1.82) is 0 Å². The van der Waals surface area contributed by atoms with Crippen LogP contribution in [0, 0.1) is 29.1 Å². The van der Waals surface area contributed by atoms with Gasteiger partial charge in [-0.05, 0) is 86.0 Å². The monoisotopic (exact) mass is 457 g/mol. The van der Waals surface area contributed by atoms with Crippen molar-refractivity contribution in [2.24, 2.45) is 34.8 Å². The molecule has 3 aliphatic rings. The van der Waals surface area contributed by atoms with Gasteiger partial charge in [0.1, 0.15) is 6.23 Å². The Kier molecular flexibility index (Phi) is 9.46.